The van der Waals surface area contributed by atoms with Crippen molar-refractivity contribution in [2.45, 2.75) is 39.0 Å². The molecule has 0 heterocycles. The average Bonchev–Trinajstić information content (AvgIpc) is 2.67. The summed E-state index contributed by atoms with van der Waals surface area (Å²) in [6, 6.07) is 1.72. The van der Waals surface area contributed by atoms with Crippen molar-refractivity contribution in [1.29, 1.82) is 0 Å². The van der Waals surface area contributed by atoms with Gasteiger partial charge in [0, 0.05) is 13.1 Å². The van der Waals surface area contributed by atoms with Gasteiger partial charge in [0.15, 0.2) is 23.4 Å². The van der Waals surface area contributed by atoms with Crippen LogP contribution in [0.15, 0.2) is 28.8 Å². The molecule has 3 N–H and O–H groups in total. The molecule has 9 heteroatoms. The lowest BCUT2D eigenvalue weighted by Gasteiger charge is -2.15. The van der Waals surface area contributed by atoms with E-state index < -0.39 is 29.0 Å². The van der Waals surface area contributed by atoms with E-state index in [4.69, 9.17) is 0 Å². The molecule has 5 nitrogen and oxygen atoms in total. The number of carbonyl (C=O) groups excluding carboxylic acids is 1. The minimum atomic E-state index is -1.62. The highest BCUT2D eigenvalue weighted by Crippen LogP contribution is 2.20. The number of allylic oxidation sites excluding steroid dienone is 1. The van der Waals surface area contributed by atoms with Gasteiger partial charge in [-0.25, -0.2) is 18.2 Å². The summed E-state index contributed by atoms with van der Waals surface area (Å²) < 4.78 is 39.7. The summed E-state index contributed by atoms with van der Waals surface area (Å²) in [5.74, 6) is -4.53. The smallest absolute Gasteiger partial charge is 0.246 e. The lowest BCUT2D eigenvalue weighted by Crippen LogP contribution is -2.38. The first-order valence-corrected chi connectivity index (χ1v) is 9.14. The van der Waals surface area contributed by atoms with E-state index in [-0.39, 0.29) is 30.5 Å². The van der Waals surface area contributed by atoms with Crippen LogP contribution in [0, 0.1) is 17.5 Å². The Morgan fingerprint density at radius 1 is 1.14 bits per heavy atom. The standard InChI is InChI=1S/C19H25F3N4O.HI/c1-2-23-19(24-11-10-13-6-4-3-5-7-13)25-12-16(27)26-15-9-8-14(20)17(21)18(15)22;/h6,8-9H,2-5,7,10-12H2,1H3,(H,26,27)(H2,23,24,25);1H. The molecule has 1 amide bonds. The molecule has 156 valence electrons. The Hall–Kier alpha value is -1.78. The van der Waals surface area contributed by atoms with Crippen LogP contribution in [0.1, 0.15) is 39.0 Å². The maximum Gasteiger partial charge on any atom is 0.246 e. The van der Waals surface area contributed by atoms with Crippen molar-refractivity contribution in [1.82, 2.24) is 10.6 Å². The minimum absolute atomic E-state index is 0. The second-order valence-electron chi connectivity index (χ2n) is 6.25. The van der Waals surface area contributed by atoms with Crippen LogP contribution in [-0.4, -0.2) is 31.5 Å². The first kappa shape index (κ1) is 24.3. The number of nitrogens with zero attached hydrogens (tertiary/aromatic N) is 1. The Morgan fingerprint density at radius 2 is 1.93 bits per heavy atom. The predicted octanol–water partition coefficient (Wildman–Crippen LogP) is 4.11. The summed E-state index contributed by atoms with van der Waals surface area (Å²) in [5.41, 5.74) is 1.01. The van der Waals surface area contributed by atoms with E-state index in [1.807, 2.05) is 6.92 Å². The van der Waals surface area contributed by atoms with E-state index >= 15 is 0 Å². The molecule has 0 aromatic heterocycles. The quantitative estimate of drug-likeness (QED) is 0.170. The molecule has 2 rings (SSSR count). The monoisotopic (exact) mass is 510 g/mol. The molecule has 0 fully saturated rings. The topological polar surface area (TPSA) is 65.5 Å². The fourth-order valence-corrected chi connectivity index (χ4v) is 2.78. The number of nitrogens with one attached hydrogen (secondary N) is 3. The Balaban J connectivity index is 0.00000392. The van der Waals surface area contributed by atoms with Crippen LogP contribution in [-0.2, 0) is 4.79 Å². The Labute approximate surface area is 180 Å². The molecule has 1 aromatic carbocycles. The largest absolute Gasteiger partial charge is 0.357 e. The molecule has 28 heavy (non-hydrogen) atoms. The summed E-state index contributed by atoms with van der Waals surface area (Å²) in [5, 5.41) is 8.36. The van der Waals surface area contributed by atoms with Gasteiger partial charge in [0.25, 0.3) is 0 Å². The number of benzene rings is 1. The van der Waals surface area contributed by atoms with Gasteiger partial charge in [0.05, 0.1) is 5.69 Å². The van der Waals surface area contributed by atoms with Gasteiger partial charge in [-0.15, -0.1) is 24.0 Å². The number of carbonyl (C=O) groups is 1. The second-order valence-corrected chi connectivity index (χ2v) is 6.25. The van der Waals surface area contributed by atoms with Gasteiger partial charge >= 0.3 is 0 Å². The normalized spacial score (nSPS) is 14.0. The van der Waals surface area contributed by atoms with E-state index in [1.54, 1.807) is 0 Å². The van der Waals surface area contributed by atoms with Gasteiger partial charge in [-0.05, 0) is 51.2 Å². The molecule has 0 spiro atoms. The van der Waals surface area contributed by atoms with E-state index in [2.05, 4.69) is 27.0 Å². The Kier molecular flexibility index (Phi) is 10.9. The van der Waals surface area contributed by atoms with Crippen molar-refractivity contribution < 1.29 is 18.0 Å². The van der Waals surface area contributed by atoms with Crippen molar-refractivity contribution in [3.8, 4) is 0 Å². The van der Waals surface area contributed by atoms with E-state index in [1.165, 1.54) is 18.4 Å². The van der Waals surface area contributed by atoms with Crippen molar-refractivity contribution in [3.05, 3.63) is 41.2 Å². The fraction of sp³-hybridized carbons (Fsp3) is 0.474. The summed E-state index contributed by atoms with van der Waals surface area (Å²) in [7, 11) is 0. The van der Waals surface area contributed by atoms with Crippen LogP contribution < -0.4 is 16.0 Å². The molecule has 0 atom stereocenters. The van der Waals surface area contributed by atoms with Crippen LogP contribution >= 0.6 is 24.0 Å². The number of aliphatic imine (C=N–C) groups is 1. The summed E-state index contributed by atoms with van der Waals surface area (Å²) in [6.07, 6.45) is 7.91. The average molecular weight is 510 g/mol. The number of hydrogen-bond acceptors (Lipinski definition) is 2. The molecule has 1 aliphatic rings. The fourth-order valence-electron chi connectivity index (χ4n) is 2.78. The lowest BCUT2D eigenvalue weighted by molar-refractivity contribution is -0.114. The molecule has 0 aliphatic heterocycles. The van der Waals surface area contributed by atoms with Gasteiger partial charge in [-0.3, -0.25) is 4.79 Å². The minimum Gasteiger partial charge on any atom is -0.357 e. The number of hydrogen-bond donors (Lipinski definition) is 3. The maximum atomic E-state index is 13.6. The highest BCUT2D eigenvalue weighted by molar-refractivity contribution is 14.0. The van der Waals surface area contributed by atoms with Crippen LogP contribution in [0.3, 0.4) is 0 Å². The highest BCUT2D eigenvalue weighted by Gasteiger charge is 2.15. The van der Waals surface area contributed by atoms with Crippen LogP contribution in [0.5, 0.6) is 0 Å². The SMILES string of the molecule is CCNC(=NCC(=O)Nc1ccc(F)c(F)c1F)NCCC1=CCCCC1.I. The zero-order valence-electron chi connectivity index (χ0n) is 15.8. The van der Waals surface area contributed by atoms with E-state index in [9.17, 15) is 18.0 Å². The predicted molar refractivity (Wildman–Crippen MR) is 116 cm³/mol. The summed E-state index contributed by atoms with van der Waals surface area (Å²) in [6.45, 7) is 2.93. The molecule has 1 aromatic rings. The first-order chi connectivity index (χ1) is 13.0. The second kappa shape index (κ2) is 12.6. The first-order valence-electron chi connectivity index (χ1n) is 9.14. The third-order valence-corrected chi connectivity index (χ3v) is 4.16. The summed E-state index contributed by atoms with van der Waals surface area (Å²) >= 11 is 0. The maximum absolute atomic E-state index is 13.6. The lowest BCUT2D eigenvalue weighted by atomic mass is 9.97. The Bertz CT molecular complexity index is 725. The number of rotatable bonds is 7. The molecule has 0 bridgehead atoms. The molecular weight excluding hydrogens is 484 g/mol. The molecular formula is C19H26F3IN4O. The molecule has 0 unspecified atom stereocenters. The number of halogens is 4. The van der Waals surface area contributed by atoms with E-state index in [0.717, 1.165) is 31.4 Å². The molecule has 1 aliphatic carbocycles. The third-order valence-electron chi connectivity index (χ3n) is 4.16. The van der Waals surface area contributed by atoms with Crippen molar-refractivity contribution >= 4 is 41.5 Å². The zero-order chi connectivity index (χ0) is 19.6. The van der Waals surface area contributed by atoms with Crippen LogP contribution in [0.2, 0.25) is 0 Å². The van der Waals surface area contributed by atoms with Gasteiger partial charge < -0.3 is 16.0 Å². The van der Waals surface area contributed by atoms with Gasteiger partial charge in [0.1, 0.15) is 6.54 Å². The van der Waals surface area contributed by atoms with Gasteiger partial charge in [-0.1, -0.05) is 11.6 Å². The molecule has 0 radical (unpaired) electrons. The number of guanidine groups is 1. The molecule has 0 saturated carbocycles. The molecule has 0 saturated heterocycles. The van der Waals surface area contributed by atoms with Gasteiger partial charge in [-0.2, -0.15) is 0 Å². The van der Waals surface area contributed by atoms with Crippen molar-refractivity contribution in [2.75, 3.05) is 25.0 Å². The van der Waals surface area contributed by atoms with Crippen LogP contribution in [0.4, 0.5) is 18.9 Å². The summed E-state index contributed by atoms with van der Waals surface area (Å²) in [4.78, 5) is 16.1. The van der Waals surface area contributed by atoms with Crippen LogP contribution in [0.25, 0.3) is 0 Å². The number of amides is 1. The van der Waals surface area contributed by atoms with Crippen molar-refractivity contribution in [3.63, 3.8) is 0 Å². The van der Waals surface area contributed by atoms with Gasteiger partial charge in [0.2, 0.25) is 5.91 Å². The third kappa shape index (κ3) is 7.69. The zero-order valence-corrected chi connectivity index (χ0v) is 18.1. The highest BCUT2D eigenvalue weighted by atomic mass is 127. The van der Waals surface area contributed by atoms with Crippen molar-refractivity contribution in [2.24, 2.45) is 4.99 Å². The van der Waals surface area contributed by atoms with E-state index in [0.29, 0.717) is 19.0 Å². The Morgan fingerprint density at radius 3 is 2.61 bits per heavy atom. The number of anilines is 1.